The summed E-state index contributed by atoms with van der Waals surface area (Å²) in [5, 5.41) is 0.131. The van der Waals surface area contributed by atoms with Crippen LogP contribution < -0.4 is 0 Å². The van der Waals surface area contributed by atoms with Crippen LogP contribution in [-0.4, -0.2) is 15.3 Å². The van der Waals surface area contributed by atoms with Crippen molar-refractivity contribution >= 4 is 27.5 Å². The predicted molar refractivity (Wildman–Crippen MR) is 58.1 cm³/mol. The summed E-state index contributed by atoms with van der Waals surface area (Å²) in [6, 6.07) is 0. The molecule has 0 radical (unpaired) electrons. The lowest BCUT2D eigenvalue weighted by molar-refractivity contribution is 0.651. The second-order valence-electron chi connectivity index (χ2n) is 2.97. The monoisotopic (exact) mass is 262 g/mol. The van der Waals surface area contributed by atoms with E-state index < -0.39 is 0 Å². The van der Waals surface area contributed by atoms with Gasteiger partial charge in [-0.1, -0.05) is 13.8 Å². The van der Waals surface area contributed by atoms with E-state index in [1.165, 1.54) is 0 Å². The molecule has 0 aliphatic carbocycles. The second kappa shape index (κ2) is 4.91. The molecule has 0 aliphatic rings. The van der Waals surface area contributed by atoms with Crippen LogP contribution in [0.3, 0.4) is 0 Å². The summed E-state index contributed by atoms with van der Waals surface area (Å²) in [7, 11) is 0. The molecule has 2 atom stereocenters. The zero-order valence-electron chi connectivity index (χ0n) is 7.67. The fourth-order valence-electron chi connectivity index (χ4n) is 1.18. The standard InChI is InChI=1S/C9H12BrClN2/c1-3-8(11)6(2)9-7(10)4-12-5-13-9/h4-6,8H,3H2,1-2H3. The Bertz CT molecular complexity index is 280. The van der Waals surface area contributed by atoms with Gasteiger partial charge in [0.1, 0.15) is 6.33 Å². The Morgan fingerprint density at radius 2 is 2.31 bits per heavy atom. The van der Waals surface area contributed by atoms with Crippen LogP contribution in [0.2, 0.25) is 0 Å². The van der Waals surface area contributed by atoms with Crippen LogP contribution in [0.4, 0.5) is 0 Å². The van der Waals surface area contributed by atoms with Crippen molar-refractivity contribution in [2.45, 2.75) is 31.6 Å². The molecule has 13 heavy (non-hydrogen) atoms. The average molecular weight is 264 g/mol. The maximum absolute atomic E-state index is 6.14. The number of nitrogens with zero attached hydrogens (tertiary/aromatic N) is 2. The van der Waals surface area contributed by atoms with E-state index >= 15 is 0 Å². The van der Waals surface area contributed by atoms with Gasteiger partial charge in [0.2, 0.25) is 0 Å². The lowest BCUT2D eigenvalue weighted by Gasteiger charge is -2.16. The zero-order chi connectivity index (χ0) is 9.84. The molecule has 1 aromatic heterocycles. The minimum Gasteiger partial charge on any atom is -0.244 e. The van der Waals surface area contributed by atoms with Crippen LogP contribution >= 0.6 is 27.5 Å². The zero-order valence-corrected chi connectivity index (χ0v) is 10.0. The van der Waals surface area contributed by atoms with E-state index in [0.29, 0.717) is 0 Å². The summed E-state index contributed by atoms with van der Waals surface area (Å²) in [5.74, 6) is 0.254. The van der Waals surface area contributed by atoms with Gasteiger partial charge < -0.3 is 0 Å². The van der Waals surface area contributed by atoms with Gasteiger partial charge in [-0.3, -0.25) is 0 Å². The minimum absolute atomic E-state index is 0.131. The summed E-state index contributed by atoms with van der Waals surface area (Å²) in [6.07, 6.45) is 4.24. The van der Waals surface area contributed by atoms with E-state index in [0.717, 1.165) is 16.6 Å². The molecular formula is C9H12BrClN2. The third-order valence-corrected chi connectivity index (χ3v) is 3.36. The highest BCUT2D eigenvalue weighted by atomic mass is 79.9. The smallest absolute Gasteiger partial charge is 0.115 e. The maximum Gasteiger partial charge on any atom is 0.115 e. The number of rotatable bonds is 3. The van der Waals surface area contributed by atoms with E-state index in [2.05, 4.69) is 39.7 Å². The Balaban J connectivity index is 2.88. The van der Waals surface area contributed by atoms with Crippen LogP contribution in [0.5, 0.6) is 0 Å². The third kappa shape index (κ3) is 2.64. The topological polar surface area (TPSA) is 25.8 Å². The number of halogens is 2. The molecule has 0 N–H and O–H groups in total. The maximum atomic E-state index is 6.14. The highest BCUT2D eigenvalue weighted by Crippen LogP contribution is 2.28. The molecule has 2 nitrogen and oxygen atoms in total. The lowest BCUT2D eigenvalue weighted by Crippen LogP contribution is -2.10. The molecule has 0 amide bonds. The van der Waals surface area contributed by atoms with Crippen molar-refractivity contribution in [3.8, 4) is 0 Å². The van der Waals surface area contributed by atoms with Gasteiger partial charge in [-0.15, -0.1) is 11.6 Å². The third-order valence-electron chi connectivity index (χ3n) is 2.06. The highest BCUT2D eigenvalue weighted by Gasteiger charge is 2.18. The van der Waals surface area contributed by atoms with Crippen molar-refractivity contribution < 1.29 is 0 Å². The number of alkyl halides is 1. The average Bonchev–Trinajstić information content (AvgIpc) is 2.16. The molecule has 0 fully saturated rings. The number of hydrogen-bond donors (Lipinski definition) is 0. The van der Waals surface area contributed by atoms with Crippen LogP contribution in [0.1, 0.15) is 31.9 Å². The van der Waals surface area contributed by atoms with Crippen molar-refractivity contribution in [3.63, 3.8) is 0 Å². The molecule has 0 aromatic carbocycles. The van der Waals surface area contributed by atoms with E-state index in [9.17, 15) is 0 Å². The molecule has 1 rings (SSSR count). The molecule has 0 bridgehead atoms. The Labute approximate surface area is 91.9 Å². The fourth-order valence-corrected chi connectivity index (χ4v) is 1.88. The molecule has 0 saturated carbocycles. The molecule has 0 aliphatic heterocycles. The van der Waals surface area contributed by atoms with Crippen molar-refractivity contribution in [2.75, 3.05) is 0 Å². The SMILES string of the molecule is CCC(Cl)C(C)c1ncncc1Br. The summed E-state index contributed by atoms with van der Waals surface area (Å²) < 4.78 is 0.932. The summed E-state index contributed by atoms with van der Waals surface area (Å²) in [6.45, 7) is 4.15. The van der Waals surface area contributed by atoms with Crippen molar-refractivity contribution in [1.29, 1.82) is 0 Å². The largest absolute Gasteiger partial charge is 0.244 e. The van der Waals surface area contributed by atoms with Gasteiger partial charge in [0.05, 0.1) is 10.2 Å². The molecule has 0 saturated heterocycles. The molecule has 1 heterocycles. The fraction of sp³-hybridized carbons (Fsp3) is 0.556. The van der Waals surface area contributed by atoms with Gasteiger partial charge in [-0.2, -0.15) is 0 Å². The minimum atomic E-state index is 0.131. The molecule has 4 heteroatoms. The lowest BCUT2D eigenvalue weighted by atomic mass is 10.0. The van der Waals surface area contributed by atoms with Crippen molar-refractivity contribution in [2.24, 2.45) is 0 Å². The predicted octanol–water partition coefficient (Wildman–Crippen LogP) is 3.36. The van der Waals surface area contributed by atoms with Crippen molar-refractivity contribution in [1.82, 2.24) is 9.97 Å². The second-order valence-corrected chi connectivity index (χ2v) is 4.38. The number of aromatic nitrogens is 2. The van der Waals surface area contributed by atoms with Gasteiger partial charge in [0.25, 0.3) is 0 Å². The van der Waals surface area contributed by atoms with Gasteiger partial charge in [0.15, 0.2) is 0 Å². The molecule has 1 aromatic rings. The first kappa shape index (κ1) is 10.9. The molecule has 72 valence electrons. The van der Waals surface area contributed by atoms with E-state index in [1.807, 2.05) is 0 Å². The Morgan fingerprint density at radius 3 is 2.85 bits per heavy atom. The summed E-state index contributed by atoms with van der Waals surface area (Å²) >= 11 is 9.55. The Kier molecular flexibility index (Phi) is 4.13. The molecule has 2 unspecified atom stereocenters. The van der Waals surface area contributed by atoms with Crippen LogP contribution in [0.15, 0.2) is 17.0 Å². The first-order valence-electron chi connectivity index (χ1n) is 4.26. The van der Waals surface area contributed by atoms with E-state index in [-0.39, 0.29) is 11.3 Å². The molecule has 0 spiro atoms. The Morgan fingerprint density at radius 1 is 1.62 bits per heavy atom. The van der Waals surface area contributed by atoms with Gasteiger partial charge in [-0.25, -0.2) is 9.97 Å². The van der Waals surface area contributed by atoms with Crippen LogP contribution in [0, 0.1) is 0 Å². The summed E-state index contributed by atoms with van der Waals surface area (Å²) in [5.41, 5.74) is 0.983. The first-order valence-corrected chi connectivity index (χ1v) is 5.49. The van der Waals surface area contributed by atoms with Gasteiger partial charge in [-0.05, 0) is 22.4 Å². The molecular weight excluding hydrogens is 251 g/mol. The van der Waals surface area contributed by atoms with Crippen molar-refractivity contribution in [3.05, 3.63) is 22.7 Å². The van der Waals surface area contributed by atoms with E-state index in [1.54, 1.807) is 12.5 Å². The highest BCUT2D eigenvalue weighted by molar-refractivity contribution is 9.10. The van der Waals surface area contributed by atoms with E-state index in [4.69, 9.17) is 11.6 Å². The Hall–Kier alpha value is -0.150. The number of hydrogen-bond acceptors (Lipinski definition) is 2. The van der Waals surface area contributed by atoms with Gasteiger partial charge in [0, 0.05) is 17.5 Å². The van der Waals surface area contributed by atoms with Crippen LogP contribution in [0.25, 0.3) is 0 Å². The quantitative estimate of drug-likeness (QED) is 0.782. The van der Waals surface area contributed by atoms with Crippen LogP contribution in [-0.2, 0) is 0 Å². The normalized spacial score (nSPS) is 15.4. The summed E-state index contributed by atoms with van der Waals surface area (Å²) in [4.78, 5) is 8.12. The van der Waals surface area contributed by atoms with Gasteiger partial charge >= 0.3 is 0 Å². The first-order chi connectivity index (χ1) is 6.16.